The molecule has 0 spiro atoms. The van der Waals surface area contributed by atoms with Gasteiger partial charge in [-0.05, 0) is 48.7 Å². The fraction of sp³-hybridized carbons (Fsp3) is 0.364. The minimum atomic E-state index is -3.53. The third kappa shape index (κ3) is 4.80. The molecule has 3 rings (SSSR count). The number of amides is 2. The average molecular weight is 462 g/mol. The van der Waals surface area contributed by atoms with E-state index in [0.29, 0.717) is 41.1 Å². The van der Waals surface area contributed by atoms with Gasteiger partial charge in [-0.25, -0.2) is 13.2 Å². The van der Waals surface area contributed by atoms with Crippen LogP contribution in [-0.2, 0) is 14.8 Å². The summed E-state index contributed by atoms with van der Waals surface area (Å²) in [6, 6.07) is 9.94. The minimum Gasteiger partial charge on any atom is -0.495 e. The fourth-order valence-corrected chi connectivity index (χ4v) is 4.43. The van der Waals surface area contributed by atoms with Crippen molar-refractivity contribution >= 4 is 39.1 Å². The lowest BCUT2D eigenvalue weighted by Gasteiger charge is -2.40. The second-order valence-corrected chi connectivity index (χ2v) is 9.50. The zero-order valence-electron chi connectivity index (χ0n) is 18.5. The molecule has 1 atom stereocenters. The second kappa shape index (κ2) is 9.07. The Morgan fingerprint density at radius 2 is 1.81 bits per heavy atom. The van der Waals surface area contributed by atoms with Gasteiger partial charge >= 0.3 is 6.09 Å². The van der Waals surface area contributed by atoms with Crippen molar-refractivity contribution in [2.75, 3.05) is 34.4 Å². The van der Waals surface area contributed by atoms with Gasteiger partial charge in [0.05, 0.1) is 36.5 Å². The third-order valence-corrected chi connectivity index (χ3v) is 5.80. The molecule has 0 saturated heterocycles. The quantitative estimate of drug-likeness (QED) is 0.677. The molecule has 2 amide bonds. The predicted octanol–water partition coefficient (Wildman–Crippen LogP) is 3.75. The number of ether oxygens (including phenoxy) is 1. The average Bonchev–Trinajstić information content (AvgIpc) is 2.71. The van der Waals surface area contributed by atoms with E-state index in [1.165, 1.54) is 12.0 Å². The Balaban J connectivity index is 2.12. The van der Waals surface area contributed by atoms with Crippen LogP contribution in [0.25, 0.3) is 11.1 Å². The van der Waals surface area contributed by atoms with Crippen LogP contribution >= 0.6 is 0 Å². The number of fused-ring (bicyclic) bond motifs is 1. The molecule has 32 heavy (non-hydrogen) atoms. The zero-order valence-corrected chi connectivity index (χ0v) is 19.3. The smallest absolute Gasteiger partial charge is 0.411 e. The van der Waals surface area contributed by atoms with Crippen LogP contribution in [0, 0.1) is 0 Å². The first-order chi connectivity index (χ1) is 15.1. The number of hydrogen-bond acceptors (Lipinski definition) is 5. The number of benzene rings is 2. The van der Waals surface area contributed by atoms with Crippen molar-refractivity contribution in [3.8, 4) is 16.9 Å². The fourth-order valence-electron chi connectivity index (χ4n) is 3.87. The Bertz CT molecular complexity index is 1150. The largest absolute Gasteiger partial charge is 0.495 e. The van der Waals surface area contributed by atoms with Gasteiger partial charge in [-0.1, -0.05) is 19.1 Å². The van der Waals surface area contributed by atoms with E-state index in [2.05, 4.69) is 4.72 Å². The van der Waals surface area contributed by atoms with E-state index >= 15 is 0 Å². The first kappa shape index (κ1) is 23.4. The van der Waals surface area contributed by atoms with E-state index in [0.717, 1.165) is 6.26 Å². The lowest BCUT2D eigenvalue weighted by molar-refractivity contribution is -0.119. The highest BCUT2D eigenvalue weighted by Crippen LogP contribution is 2.40. The number of methoxy groups -OCH3 is 1. The summed E-state index contributed by atoms with van der Waals surface area (Å²) in [6.07, 6.45) is 1.01. The van der Waals surface area contributed by atoms with E-state index in [-0.39, 0.29) is 24.2 Å². The lowest BCUT2D eigenvalue weighted by atomic mass is 10.00. The number of hydrogen-bond donors (Lipinski definition) is 2. The van der Waals surface area contributed by atoms with Crippen molar-refractivity contribution < 1.29 is 27.9 Å². The van der Waals surface area contributed by atoms with Crippen molar-refractivity contribution in [2.45, 2.75) is 32.7 Å². The Morgan fingerprint density at radius 1 is 1.16 bits per heavy atom. The van der Waals surface area contributed by atoms with E-state index in [4.69, 9.17) is 4.74 Å². The molecule has 0 radical (unpaired) electrons. The maximum absolute atomic E-state index is 12.7. The molecule has 2 aromatic rings. The van der Waals surface area contributed by atoms with Crippen molar-refractivity contribution in [1.29, 1.82) is 0 Å². The topological polar surface area (TPSA) is 116 Å². The first-order valence-electron chi connectivity index (χ1n) is 10.2. The highest BCUT2D eigenvalue weighted by Gasteiger charge is 2.34. The summed E-state index contributed by atoms with van der Waals surface area (Å²) in [4.78, 5) is 27.6. The number of rotatable bonds is 6. The molecule has 1 heterocycles. The normalized spacial score (nSPS) is 15.8. The van der Waals surface area contributed by atoms with Crippen LogP contribution in [0.3, 0.4) is 0 Å². The molecule has 0 aliphatic carbocycles. The summed E-state index contributed by atoms with van der Waals surface area (Å²) < 4.78 is 31.1. The molecule has 10 heteroatoms. The Hall–Kier alpha value is -3.27. The molecule has 2 N–H and O–H groups in total. The summed E-state index contributed by atoms with van der Waals surface area (Å²) in [5.41, 5.74) is 2.55. The van der Waals surface area contributed by atoms with Gasteiger partial charge in [0.2, 0.25) is 15.9 Å². The van der Waals surface area contributed by atoms with Gasteiger partial charge in [0.25, 0.3) is 0 Å². The van der Waals surface area contributed by atoms with Gasteiger partial charge in [-0.15, -0.1) is 0 Å². The summed E-state index contributed by atoms with van der Waals surface area (Å²) in [5.74, 6) is 0.303. The Labute approximate surface area is 187 Å². The summed E-state index contributed by atoms with van der Waals surface area (Å²) in [7, 11) is -2.09. The molecule has 2 aromatic carbocycles. The molecule has 0 fully saturated rings. The highest BCUT2D eigenvalue weighted by molar-refractivity contribution is 7.92. The van der Waals surface area contributed by atoms with Crippen molar-refractivity contribution in [3.63, 3.8) is 0 Å². The van der Waals surface area contributed by atoms with E-state index in [1.807, 2.05) is 13.8 Å². The molecule has 1 aliphatic rings. The van der Waals surface area contributed by atoms with Crippen LogP contribution in [0.5, 0.6) is 5.75 Å². The van der Waals surface area contributed by atoms with E-state index < -0.39 is 16.1 Å². The van der Waals surface area contributed by atoms with Crippen molar-refractivity contribution in [2.24, 2.45) is 0 Å². The molecular formula is C22H27N3O6S. The summed E-state index contributed by atoms with van der Waals surface area (Å²) >= 11 is 0. The van der Waals surface area contributed by atoms with Crippen LogP contribution in [0.15, 0.2) is 36.4 Å². The SMILES string of the molecule is CCCC(=O)N1c2ccc(-c3ccc(OC)c(NS(C)(=O)=O)c3)cc2N(C(=O)O)C[C@@H]1C. The molecule has 0 saturated carbocycles. The van der Waals surface area contributed by atoms with Gasteiger partial charge in [0.15, 0.2) is 0 Å². The second-order valence-electron chi connectivity index (χ2n) is 7.75. The number of nitrogens with zero attached hydrogens (tertiary/aromatic N) is 2. The number of carboxylic acid groups (broad SMARTS) is 1. The maximum atomic E-state index is 12.7. The molecular weight excluding hydrogens is 434 g/mol. The van der Waals surface area contributed by atoms with Gasteiger partial charge < -0.3 is 14.7 Å². The third-order valence-electron chi connectivity index (χ3n) is 5.20. The zero-order chi connectivity index (χ0) is 23.6. The lowest BCUT2D eigenvalue weighted by Crippen LogP contribution is -2.51. The Morgan fingerprint density at radius 3 is 2.41 bits per heavy atom. The standard InChI is InChI=1S/C22H27N3O6S/c1-5-6-21(26)25-14(2)13-24(22(27)28)19-12-16(7-9-18(19)25)15-8-10-20(31-3)17(11-15)23-32(4,29)30/h7-12,14,23H,5-6,13H2,1-4H3,(H,27,28)/t14-/m0/s1. The maximum Gasteiger partial charge on any atom is 0.411 e. The molecule has 0 aromatic heterocycles. The summed E-state index contributed by atoms with van der Waals surface area (Å²) in [6.45, 7) is 3.91. The highest BCUT2D eigenvalue weighted by atomic mass is 32.2. The van der Waals surface area contributed by atoms with Gasteiger partial charge in [0.1, 0.15) is 5.75 Å². The van der Waals surface area contributed by atoms with Crippen LogP contribution < -0.4 is 19.3 Å². The van der Waals surface area contributed by atoms with Crippen LogP contribution in [0.4, 0.5) is 21.9 Å². The number of nitrogens with one attached hydrogen (secondary N) is 1. The van der Waals surface area contributed by atoms with Gasteiger partial charge in [0, 0.05) is 13.0 Å². The number of sulfonamides is 1. The minimum absolute atomic E-state index is 0.0527. The van der Waals surface area contributed by atoms with Crippen LogP contribution in [-0.4, -0.2) is 51.5 Å². The Kier molecular flexibility index (Phi) is 6.63. The monoisotopic (exact) mass is 461 g/mol. The number of anilines is 3. The van der Waals surface area contributed by atoms with Crippen molar-refractivity contribution in [3.05, 3.63) is 36.4 Å². The number of carbonyl (C=O) groups excluding carboxylic acids is 1. The van der Waals surface area contributed by atoms with Gasteiger partial charge in [-0.2, -0.15) is 0 Å². The molecule has 0 unspecified atom stereocenters. The molecule has 0 bridgehead atoms. The van der Waals surface area contributed by atoms with E-state index in [1.54, 1.807) is 41.3 Å². The first-order valence-corrected chi connectivity index (χ1v) is 12.1. The van der Waals surface area contributed by atoms with Gasteiger partial charge in [-0.3, -0.25) is 14.4 Å². The summed E-state index contributed by atoms with van der Waals surface area (Å²) in [5, 5.41) is 9.76. The molecule has 9 nitrogen and oxygen atoms in total. The van der Waals surface area contributed by atoms with Crippen molar-refractivity contribution in [1.82, 2.24) is 0 Å². The molecule has 1 aliphatic heterocycles. The molecule has 172 valence electrons. The van der Waals surface area contributed by atoms with E-state index in [9.17, 15) is 23.1 Å². The number of carbonyl (C=O) groups is 2. The predicted molar refractivity (Wildman–Crippen MR) is 124 cm³/mol. The van der Waals surface area contributed by atoms with Crippen LogP contribution in [0.1, 0.15) is 26.7 Å². The van der Waals surface area contributed by atoms with Crippen LogP contribution in [0.2, 0.25) is 0 Å².